The maximum Gasteiger partial charge on any atom is 0.254 e. The molecule has 25 heavy (non-hydrogen) atoms. The smallest absolute Gasteiger partial charge is 0.254 e. The largest absolute Gasteiger partial charge is 0.487 e. The van der Waals surface area contributed by atoms with E-state index in [0.717, 1.165) is 16.8 Å². The number of hydrogen-bond acceptors (Lipinski definition) is 4. The van der Waals surface area contributed by atoms with Crippen molar-refractivity contribution in [3.05, 3.63) is 57.5 Å². The first kappa shape index (κ1) is 17.7. The number of sulfonamides is 1. The molecule has 1 aromatic heterocycles. The van der Waals surface area contributed by atoms with Crippen LogP contribution in [0.15, 0.2) is 40.0 Å². The van der Waals surface area contributed by atoms with Crippen LogP contribution in [0.4, 0.5) is 0 Å². The second-order valence-corrected chi connectivity index (χ2v) is 8.47. The van der Waals surface area contributed by atoms with E-state index in [9.17, 15) is 13.2 Å². The van der Waals surface area contributed by atoms with Crippen LogP contribution in [-0.2, 0) is 17.1 Å². The second-order valence-electron chi connectivity index (χ2n) is 6.56. The summed E-state index contributed by atoms with van der Waals surface area (Å²) in [7, 11) is -1.82. The molecule has 6 nitrogen and oxygen atoms in total. The van der Waals surface area contributed by atoms with Crippen molar-refractivity contribution >= 4 is 10.0 Å². The van der Waals surface area contributed by atoms with Crippen molar-refractivity contribution in [1.82, 2.24) is 8.87 Å². The van der Waals surface area contributed by atoms with E-state index in [1.165, 1.54) is 14.9 Å². The predicted molar refractivity (Wildman–Crippen MR) is 95.5 cm³/mol. The first-order valence-electron chi connectivity index (χ1n) is 8.10. The van der Waals surface area contributed by atoms with Gasteiger partial charge in [0.1, 0.15) is 11.9 Å². The summed E-state index contributed by atoms with van der Waals surface area (Å²) in [5, 5.41) is 0. The van der Waals surface area contributed by atoms with Gasteiger partial charge in [0.15, 0.2) is 0 Å². The highest BCUT2D eigenvalue weighted by Crippen LogP contribution is 2.27. The molecular weight excluding hydrogens is 340 g/mol. The molecule has 2 heterocycles. The van der Waals surface area contributed by atoms with E-state index >= 15 is 0 Å². The Labute approximate surface area is 147 Å². The summed E-state index contributed by atoms with van der Waals surface area (Å²) < 4.78 is 34.2. The number of rotatable bonds is 4. The molecule has 0 atom stereocenters. The van der Waals surface area contributed by atoms with Gasteiger partial charge in [-0.25, -0.2) is 8.42 Å². The van der Waals surface area contributed by atoms with Crippen LogP contribution in [0.5, 0.6) is 5.75 Å². The highest BCUT2D eigenvalue weighted by molar-refractivity contribution is 7.89. The average Bonchev–Trinajstić information content (AvgIpc) is 2.50. The van der Waals surface area contributed by atoms with Crippen LogP contribution in [0, 0.1) is 20.8 Å². The van der Waals surface area contributed by atoms with Crippen LogP contribution in [0.3, 0.4) is 0 Å². The van der Waals surface area contributed by atoms with Gasteiger partial charge in [-0.15, -0.1) is 0 Å². The van der Waals surface area contributed by atoms with Gasteiger partial charge in [-0.3, -0.25) is 4.79 Å². The number of hydrogen-bond donors (Lipinski definition) is 0. The van der Waals surface area contributed by atoms with Crippen molar-refractivity contribution in [2.75, 3.05) is 13.1 Å². The minimum absolute atomic E-state index is 0.144. The van der Waals surface area contributed by atoms with Gasteiger partial charge in [-0.2, -0.15) is 4.31 Å². The van der Waals surface area contributed by atoms with Gasteiger partial charge in [0.2, 0.25) is 10.0 Å². The molecule has 7 heteroatoms. The summed E-state index contributed by atoms with van der Waals surface area (Å²) in [6.07, 6.45) is -0.244. The molecule has 0 N–H and O–H groups in total. The molecular formula is C18H22N2O4S. The van der Waals surface area contributed by atoms with Crippen molar-refractivity contribution in [3.8, 4) is 5.75 Å². The van der Waals surface area contributed by atoms with Gasteiger partial charge in [-0.1, -0.05) is 12.1 Å². The number of pyridine rings is 1. The number of ether oxygens (including phenoxy) is 1. The SMILES string of the molecule is Cc1ccc(C)c(S(=O)(=O)N2CC(Oc3cc(C)n(C)c(=O)c3)C2)c1. The lowest BCUT2D eigenvalue weighted by Crippen LogP contribution is -2.56. The Bertz CT molecular complexity index is 973. The molecule has 0 radical (unpaired) electrons. The third-order valence-corrected chi connectivity index (χ3v) is 6.53. The molecule has 0 spiro atoms. The van der Waals surface area contributed by atoms with E-state index in [2.05, 4.69) is 0 Å². The van der Waals surface area contributed by atoms with E-state index in [4.69, 9.17) is 4.74 Å². The molecule has 1 aliphatic heterocycles. The lowest BCUT2D eigenvalue weighted by atomic mass is 10.2. The summed E-state index contributed by atoms with van der Waals surface area (Å²) >= 11 is 0. The monoisotopic (exact) mass is 362 g/mol. The average molecular weight is 362 g/mol. The Morgan fingerprint density at radius 2 is 1.76 bits per heavy atom. The van der Waals surface area contributed by atoms with Crippen LogP contribution < -0.4 is 10.3 Å². The van der Waals surface area contributed by atoms with Gasteiger partial charge >= 0.3 is 0 Å². The summed E-state index contributed by atoms with van der Waals surface area (Å²) in [6, 6.07) is 8.62. The fourth-order valence-corrected chi connectivity index (χ4v) is 4.61. The van der Waals surface area contributed by atoms with Crippen LogP contribution in [0.1, 0.15) is 16.8 Å². The molecule has 0 amide bonds. The number of aryl methyl sites for hydroxylation is 3. The van der Waals surface area contributed by atoms with E-state index in [-0.39, 0.29) is 24.8 Å². The minimum atomic E-state index is -3.52. The van der Waals surface area contributed by atoms with Crippen LogP contribution >= 0.6 is 0 Å². The minimum Gasteiger partial charge on any atom is -0.487 e. The zero-order valence-electron chi connectivity index (χ0n) is 14.8. The number of aromatic nitrogens is 1. The topological polar surface area (TPSA) is 68.6 Å². The predicted octanol–water partition coefficient (Wildman–Crippen LogP) is 1.76. The standard InChI is InChI=1S/C18H22N2O4S/c1-12-5-6-13(2)17(7-12)25(22,23)20-10-16(11-20)24-15-8-14(3)19(4)18(21)9-15/h5-9,16H,10-11H2,1-4H3. The Morgan fingerprint density at radius 1 is 1.08 bits per heavy atom. The number of nitrogens with zero attached hydrogens (tertiary/aromatic N) is 2. The molecule has 3 rings (SSSR count). The Morgan fingerprint density at radius 3 is 2.40 bits per heavy atom. The summed E-state index contributed by atoms with van der Waals surface area (Å²) in [5.74, 6) is 0.481. The van der Waals surface area contributed by atoms with Gasteiger partial charge in [0, 0.05) is 18.8 Å². The Hall–Kier alpha value is -2.12. The summed E-state index contributed by atoms with van der Waals surface area (Å²) in [6.45, 7) is 6.06. The van der Waals surface area contributed by atoms with Gasteiger partial charge < -0.3 is 9.30 Å². The molecule has 1 aliphatic rings. The molecule has 2 aromatic rings. The number of benzene rings is 1. The summed E-state index contributed by atoms with van der Waals surface area (Å²) in [5.41, 5.74) is 2.29. The van der Waals surface area contributed by atoms with Crippen LogP contribution in [0.25, 0.3) is 0 Å². The second kappa shape index (κ2) is 6.31. The van der Waals surface area contributed by atoms with Crippen LogP contribution in [-0.4, -0.2) is 36.5 Å². The molecule has 1 aromatic carbocycles. The first-order chi connectivity index (χ1) is 11.7. The fourth-order valence-electron chi connectivity index (χ4n) is 2.79. The third-order valence-electron chi connectivity index (χ3n) is 4.56. The van der Waals surface area contributed by atoms with Gasteiger partial charge in [0.25, 0.3) is 5.56 Å². The zero-order chi connectivity index (χ0) is 18.4. The fraction of sp³-hybridized carbons (Fsp3) is 0.389. The lowest BCUT2D eigenvalue weighted by molar-refractivity contribution is 0.0758. The Balaban J connectivity index is 1.72. The molecule has 0 bridgehead atoms. The maximum atomic E-state index is 12.8. The molecule has 1 saturated heterocycles. The summed E-state index contributed by atoms with van der Waals surface area (Å²) in [4.78, 5) is 12.1. The van der Waals surface area contributed by atoms with Gasteiger partial charge in [0.05, 0.1) is 18.0 Å². The van der Waals surface area contributed by atoms with Crippen LogP contribution in [0.2, 0.25) is 0 Å². The maximum absolute atomic E-state index is 12.8. The normalized spacial score (nSPS) is 15.8. The third kappa shape index (κ3) is 3.34. The van der Waals surface area contributed by atoms with E-state index in [1.54, 1.807) is 26.1 Å². The zero-order valence-corrected chi connectivity index (χ0v) is 15.6. The molecule has 0 aliphatic carbocycles. The highest BCUT2D eigenvalue weighted by Gasteiger charge is 2.38. The van der Waals surface area contributed by atoms with E-state index in [1.807, 2.05) is 26.0 Å². The molecule has 0 saturated carbocycles. The molecule has 1 fully saturated rings. The van der Waals surface area contributed by atoms with Gasteiger partial charge in [-0.05, 0) is 44.0 Å². The quantitative estimate of drug-likeness (QED) is 0.831. The first-order valence-corrected chi connectivity index (χ1v) is 9.54. The van der Waals surface area contributed by atoms with Crippen molar-refractivity contribution in [2.24, 2.45) is 7.05 Å². The van der Waals surface area contributed by atoms with Crippen molar-refractivity contribution < 1.29 is 13.2 Å². The van der Waals surface area contributed by atoms with Crippen molar-refractivity contribution in [2.45, 2.75) is 31.8 Å². The van der Waals surface area contributed by atoms with E-state index in [0.29, 0.717) is 10.6 Å². The lowest BCUT2D eigenvalue weighted by Gasteiger charge is -2.38. The van der Waals surface area contributed by atoms with Crippen molar-refractivity contribution in [1.29, 1.82) is 0 Å². The molecule has 134 valence electrons. The molecule has 0 unspecified atom stereocenters. The van der Waals surface area contributed by atoms with Crippen molar-refractivity contribution in [3.63, 3.8) is 0 Å². The van der Waals surface area contributed by atoms with E-state index < -0.39 is 10.0 Å². The highest BCUT2D eigenvalue weighted by atomic mass is 32.2. The Kier molecular flexibility index (Phi) is 4.47.